The molecule has 0 aromatic carbocycles. The van der Waals surface area contributed by atoms with Crippen molar-refractivity contribution in [1.82, 2.24) is 4.98 Å². The van der Waals surface area contributed by atoms with E-state index in [0.717, 1.165) is 0 Å². The van der Waals surface area contributed by atoms with Gasteiger partial charge in [-0.05, 0) is 12.1 Å². The van der Waals surface area contributed by atoms with E-state index < -0.39 is 10.8 Å². The largest absolute Gasteiger partial charge is 0.412 e. The fourth-order valence-electron chi connectivity index (χ4n) is 0.630. The van der Waals surface area contributed by atoms with Gasteiger partial charge in [0, 0.05) is 11.9 Å². The van der Waals surface area contributed by atoms with Crippen molar-refractivity contribution in [2.24, 2.45) is 0 Å². The molecule has 62 valence electrons. The minimum atomic E-state index is -0.901. The van der Waals surface area contributed by atoms with Crippen molar-refractivity contribution in [2.45, 2.75) is 11.9 Å². The molecule has 1 heterocycles. The van der Waals surface area contributed by atoms with Crippen molar-refractivity contribution in [3.05, 3.63) is 24.4 Å². The normalized spacial score (nSPS) is 11.7. The Bertz CT molecular complexity index is 225. The Labute approximate surface area is 68.2 Å². The number of hydrogen-bond donors (Lipinski definition) is 0. The molecule has 1 rings (SSSR count). The lowest BCUT2D eigenvalue weighted by Gasteiger charge is -1.93. The summed E-state index contributed by atoms with van der Waals surface area (Å²) in [4.78, 5) is 3.95. The monoisotopic (exact) mass is 173 g/mol. The molecule has 0 aliphatic rings. The summed E-state index contributed by atoms with van der Waals surface area (Å²) in [7, 11) is -0.901. The van der Waals surface area contributed by atoms with Crippen LogP contribution in [0.4, 0.5) is 0 Å². The Balaban J connectivity index is 0.000001000. The SMILES string of the molecule is CCS(=O)c1ccccn1.O. The quantitative estimate of drug-likeness (QED) is 0.649. The molecule has 0 aliphatic heterocycles. The van der Waals surface area contributed by atoms with E-state index in [1.807, 2.05) is 19.1 Å². The summed E-state index contributed by atoms with van der Waals surface area (Å²) in [6.45, 7) is 1.88. The van der Waals surface area contributed by atoms with E-state index in [-0.39, 0.29) is 5.48 Å². The van der Waals surface area contributed by atoms with Crippen LogP contribution in [0.15, 0.2) is 29.4 Å². The van der Waals surface area contributed by atoms with Gasteiger partial charge in [0.15, 0.2) is 0 Å². The van der Waals surface area contributed by atoms with Crippen LogP contribution in [0.1, 0.15) is 6.92 Å². The first-order valence-corrected chi connectivity index (χ1v) is 4.46. The fraction of sp³-hybridized carbons (Fsp3) is 0.286. The van der Waals surface area contributed by atoms with Crippen molar-refractivity contribution in [1.29, 1.82) is 0 Å². The van der Waals surface area contributed by atoms with Gasteiger partial charge in [-0.1, -0.05) is 13.0 Å². The number of hydrogen-bond acceptors (Lipinski definition) is 2. The number of rotatable bonds is 2. The van der Waals surface area contributed by atoms with Crippen LogP contribution < -0.4 is 0 Å². The summed E-state index contributed by atoms with van der Waals surface area (Å²) in [6.07, 6.45) is 1.66. The molecular formula is C7H11NO2S. The molecule has 1 aromatic rings. The third-order valence-corrected chi connectivity index (χ3v) is 2.37. The Morgan fingerprint density at radius 2 is 2.27 bits per heavy atom. The van der Waals surface area contributed by atoms with Crippen molar-refractivity contribution in [2.75, 3.05) is 5.75 Å². The molecule has 0 amide bonds. The zero-order chi connectivity index (χ0) is 7.40. The highest BCUT2D eigenvalue weighted by Crippen LogP contribution is 1.99. The second kappa shape index (κ2) is 4.98. The smallest absolute Gasteiger partial charge is 0.127 e. The van der Waals surface area contributed by atoms with Gasteiger partial charge in [0.1, 0.15) is 5.03 Å². The predicted octanol–water partition coefficient (Wildman–Crippen LogP) is 0.384. The molecular weight excluding hydrogens is 162 g/mol. The lowest BCUT2D eigenvalue weighted by molar-refractivity contribution is 0.681. The molecule has 2 N–H and O–H groups in total. The Kier molecular flexibility index (Phi) is 4.65. The Morgan fingerprint density at radius 3 is 2.73 bits per heavy atom. The zero-order valence-electron chi connectivity index (χ0n) is 6.28. The lowest BCUT2D eigenvalue weighted by atomic mass is 10.5. The van der Waals surface area contributed by atoms with Crippen LogP contribution in [0.2, 0.25) is 0 Å². The molecule has 0 saturated carbocycles. The minimum absolute atomic E-state index is 0. The highest BCUT2D eigenvalue weighted by atomic mass is 32.2. The third kappa shape index (κ3) is 2.78. The predicted molar refractivity (Wildman–Crippen MR) is 44.8 cm³/mol. The molecule has 0 saturated heterocycles. The number of nitrogens with zero attached hydrogens (tertiary/aromatic N) is 1. The van der Waals surface area contributed by atoms with Gasteiger partial charge in [-0.15, -0.1) is 0 Å². The van der Waals surface area contributed by atoms with Gasteiger partial charge in [0.2, 0.25) is 0 Å². The molecule has 0 spiro atoms. The highest BCUT2D eigenvalue weighted by Gasteiger charge is 1.98. The number of aromatic nitrogens is 1. The van der Waals surface area contributed by atoms with Gasteiger partial charge in [0.05, 0.1) is 10.8 Å². The van der Waals surface area contributed by atoms with Crippen LogP contribution in [0, 0.1) is 0 Å². The van der Waals surface area contributed by atoms with Crippen molar-refractivity contribution in [3.8, 4) is 0 Å². The molecule has 0 aliphatic carbocycles. The molecule has 1 unspecified atom stereocenters. The van der Waals surface area contributed by atoms with Crippen molar-refractivity contribution >= 4 is 10.8 Å². The fourth-order valence-corrected chi connectivity index (χ4v) is 1.33. The van der Waals surface area contributed by atoms with Crippen molar-refractivity contribution in [3.63, 3.8) is 0 Å². The summed E-state index contributed by atoms with van der Waals surface area (Å²) < 4.78 is 11.1. The first-order chi connectivity index (χ1) is 4.84. The van der Waals surface area contributed by atoms with Crippen LogP contribution in [0.5, 0.6) is 0 Å². The Hall–Kier alpha value is -0.740. The van der Waals surface area contributed by atoms with Gasteiger partial charge in [-0.3, -0.25) is 4.21 Å². The minimum Gasteiger partial charge on any atom is -0.412 e. The van der Waals surface area contributed by atoms with Gasteiger partial charge < -0.3 is 5.48 Å². The molecule has 3 nitrogen and oxygen atoms in total. The van der Waals surface area contributed by atoms with Gasteiger partial charge in [0.25, 0.3) is 0 Å². The van der Waals surface area contributed by atoms with Gasteiger partial charge in [-0.25, -0.2) is 4.98 Å². The second-order valence-electron chi connectivity index (χ2n) is 1.80. The second-order valence-corrected chi connectivity index (χ2v) is 3.49. The summed E-state index contributed by atoms with van der Waals surface area (Å²) in [6, 6.07) is 5.44. The molecule has 0 fully saturated rings. The summed E-state index contributed by atoms with van der Waals surface area (Å²) in [5, 5.41) is 0.671. The van der Waals surface area contributed by atoms with E-state index in [1.54, 1.807) is 12.3 Å². The highest BCUT2D eigenvalue weighted by molar-refractivity contribution is 7.84. The van der Waals surface area contributed by atoms with Gasteiger partial charge in [-0.2, -0.15) is 0 Å². The molecule has 4 heteroatoms. The maximum atomic E-state index is 11.1. The van der Waals surface area contributed by atoms with Crippen LogP contribution in [-0.4, -0.2) is 20.4 Å². The summed E-state index contributed by atoms with van der Waals surface area (Å²) in [5.74, 6) is 0.636. The topological polar surface area (TPSA) is 61.5 Å². The molecule has 11 heavy (non-hydrogen) atoms. The maximum absolute atomic E-state index is 11.1. The first-order valence-electron chi connectivity index (χ1n) is 3.14. The van der Waals surface area contributed by atoms with Crippen LogP contribution in [0.25, 0.3) is 0 Å². The molecule has 0 radical (unpaired) electrons. The first kappa shape index (κ1) is 10.3. The molecule has 1 aromatic heterocycles. The maximum Gasteiger partial charge on any atom is 0.127 e. The van der Waals surface area contributed by atoms with E-state index in [1.165, 1.54) is 0 Å². The van der Waals surface area contributed by atoms with E-state index in [4.69, 9.17) is 0 Å². The standard InChI is InChI=1S/C7H9NOS.H2O/c1-2-10(9)7-5-3-4-6-8-7;/h3-6H,2H2,1H3;1H2. The number of pyridine rings is 1. The van der Waals surface area contributed by atoms with E-state index >= 15 is 0 Å². The van der Waals surface area contributed by atoms with E-state index in [0.29, 0.717) is 10.8 Å². The molecule has 0 bridgehead atoms. The lowest BCUT2D eigenvalue weighted by Crippen LogP contribution is -1.95. The Morgan fingerprint density at radius 1 is 1.55 bits per heavy atom. The van der Waals surface area contributed by atoms with E-state index in [9.17, 15) is 4.21 Å². The van der Waals surface area contributed by atoms with Crippen molar-refractivity contribution < 1.29 is 9.69 Å². The zero-order valence-corrected chi connectivity index (χ0v) is 7.10. The van der Waals surface area contributed by atoms with Crippen LogP contribution >= 0.6 is 0 Å². The average molecular weight is 173 g/mol. The summed E-state index contributed by atoms with van der Waals surface area (Å²) in [5.41, 5.74) is 0. The average Bonchev–Trinajstić information content (AvgIpc) is 2.05. The summed E-state index contributed by atoms with van der Waals surface area (Å²) >= 11 is 0. The van der Waals surface area contributed by atoms with Crippen LogP contribution in [0.3, 0.4) is 0 Å². The molecule has 1 atom stereocenters. The third-order valence-electron chi connectivity index (χ3n) is 1.13. The van der Waals surface area contributed by atoms with E-state index in [2.05, 4.69) is 4.98 Å². The van der Waals surface area contributed by atoms with Crippen LogP contribution in [-0.2, 0) is 10.8 Å². The van der Waals surface area contributed by atoms with Gasteiger partial charge >= 0.3 is 0 Å².